The van der Waals surface area contributed by atoms with Crippen LogP contribution in [0.2, 0.25) is 0 Å². The highest BCUT2D eigenvalue weighted by atomic mass is 15.3. The monoisotopic (exact) mass is 151 g/mol. The van der Waals surface area contributed by atoms with Crippen molar-refractivity contribution in [3.05, 3.63) is 12.3 Å². The van der Waals surface area contributed by atoms with Gasteiger partial charge in [0.15, 0.2) is 0 Å². The van der Waals surface area contributed by atoms with Crippen molar-refractivity contribution < 1.29 is 0 Å². The predicted molar refractivity (Wildman–Crippen MR) is 44.1 cm³/mol. The number of hydrogen-bond acceptors (Lipinski definition) is 2. The summed E-state index contributed by atoms with van der Waals surface area (Å²) in [5.41, 5.74) is 5.71. The van der Waals surface area contributed by atoms with E-state index in [9.17, 15) is 0 Å². The summed E-state index contributed by atoms with van der Waals surface area (Å²) in [6.07, 6.45) is 4.30. The normalized spacial score (nSPS) is 29.9. The SMILES string of the molecule is CC1CCC1n1nccc1N. The smallest absolute Gasteiger partial charge is 0.121 e. The molecule has 2 N–H and O–H groups in total. The Kier molecular flexibility index (Phi) is 1.37. The summed E-state index contributed by atoms with van der Waals surface area (Å²) in [7, 11) is 0. The summed E-state index contributed by atoms with van der Waals surface area (Å²) < 4.78 is 1.94. The number of aromatic nitrogens is 2. The molecule has 1 saturated carbocycles. The van der Waals surface area contributed by atoms with Crippen LogP contribution in [-0.4, -0.2) is 9.78 Å². The van der Waals surface area contributed by atoms with Gasteiger partial charge in [0.1, 0.15) is 5.82 Å². The number of nitrogens with two attached hydrogens (primary N) is 1. The van der Waals surface area contributed by atoms with Gasteiger partial charge in [0.25, 0.3) is 0 Å². The van der Waals surface area contributed by atoms with E-state index in [-0.39, 0.29) is 0 Å². The molecule has 3 nitrogen and oxygen atoms in total. The maximum Gasteiger partial charge on any atom is 0.121 e. The number of anilines is 1. The molecule has 0 bridgehead atoms. The Morgan fingerprint density at radius 2 is 2.45 bits per heavy atom. The molecule has 0 saturated heterocycles. The second-order valence-electron chi connectivity index (χ2n) is 3.32. The van der Waals surface area contributed by atoms with Crippen molar-refractivity contribution in [2.45, 2.75) is 25.8 Å². The maximum atomic E-state index is 5.71. The van der Waals surface area contributed by atoms with E-state index in [2.05, 4.69) is 12.0 Å². The van der Waals surface area contributed by atoms with Crippen LogP contribution < -0.4 is 5.73 Å². The van der Waals surface area contributed by atoms with Crippen LogP contribution in [0.25, 0.3) is 0 Å². The molecule has 0 aliphatic heterocycles. The first kappa shape index (κ1) is 6.70. The lowest BCUT2D eigenvalue weighted by Gasteiger charge is -2.34. The molecule has 1 heterocycles. The van der Waals surface area contributed by atoms with Crippen LogP contribution in [0.4, 0.5) is 5.82 Å². The Morgan fingerprint density at radius 1 is 1.64 bits per heavy atom. The average molecular weight is 151 g/mol. The molecule has 2 rings (SSSR count). The van der Waals surface area contributed by atoms with Gasteiger partial charge in [0.05, 0.1) is 12.2 Å². The standard InChI is InChI=1S/C8H13N3/c1-6-2-3-7(6)11-8(9)4-5-10-11/h4-7H,2-3,9H2,1H3. The van der Waals surface area contributed by atoms with Crippen LogP contribution in [0.15, 0.2) is 12.3 Å². The average Bonchev–Trinajstić information content (AvgIpc) is 2.34. The first-order valence-electron chi connectivity index (χ1n) is 4.08. The largest absolute Gasteiger partial charge is 0.384 e. The molecule has 0 amide bonds. The predicted octanol–water partition coefficient (Wildman–Crippen LogP) is 1.44. The topological polar surface area (TPSA) is 43.8 Å². The molecule has 1 aliphatic rings. The summed E-state index contributed by atoms with van der Waals surface area (Å²) in [5, 5.41) is 4.18. The molecule has 2 unspecified atom stereocenters. The summed E-state index contributed by atoms with van der Waals surface area (Å²) >= 11 is 0. The number of nitrogen functional groups attached to an aromatic ring is 1. The van der Waals surface area contributed by atoms with E-state index < -0.39 is 0 Å². The van der Waals surface area contributed by atoms with Crippen molar-refractivity contribution in [1.82, 2.24) is 9.78 Å². The van der Waals surface area contributed by atoms with Gasteiger partial charge in [0.2, 0.25) is 0 Å². The number of rotatable bonds is 1. The minimum atomic E-state index is 0.560. The highest BCUT2D eigenvalue weighted by Crippen LogP contribution is 2.38. The van der Waals surface area contributed by atoms with Crippen molar-refractivity contribution in [3.8, 4) is 0 Å². The Labute approximate surface area is 66.2 Å². The zero-order chi connectivity index (χ0) is 7.84. The lowest BCUT2D eigenvalue weighted by Crippen LogP contribution is -2.28. The van der Waals surface area contributed by atoms with Crippen LogP contribution in [0.3, 0.4) is 0 Å². The van der Waals surface area contributed by atoms with E-state index in [1.807, 2.05) is 10.7 Å². The second-order valence-corrected chi connectivity index (χ2v) is 3.32. The fourth-order valence-corrected chi connectivity index (χ4v) is 1.61. The fourth-order valence-electron chi connectivity index (χ4n) is 1.61. The molecule has 2 atom stereocenters. The van der Waals surface area contributed by atoms with Crippen LogP contribution in [-0.2, 0) is 0 Å². The van der Waals surface area contributed by atoms with Gasteiger partial charge >= 0.3 is 0 Å². The number of hydrogen-bond donors (Lipinski definition) is 1. The summed E-state index contributed by atoms with van der Waals surface area (Å²) in [6, 6.07) is 2.41. The summed E-state index contributed by atoms with van der Waals surface area (Å²) in [5.74, 6) is 1.54. The Balaban J connectivity index is 2.22. The first-order valence-corrected chi connectivity index (χ1v) is 4.08. The third kappa shape index (κ3) is 0.914. The van der Waals surface area contributed by atoms with E-state index in [1.54, 1.807) is 6.20 Å². The van der Waals surface area contributed by atoms with Gasteiger partial charge in [-0.2, -0.15) is 5.10 Å². The van der Waals surface area contributed by atoms with E-state index in [0.29, 0.717) is 6.04 Å². The molecule has 1 aliphatic carbocycles. The van der Waals surface area contributed by atoms with Crippen LogP contribution >= 0.6 is 0 Å². The Bertz CT molecular complexity index is 254. The van der Waals surface area contributed by atoms with E-state index in [4.69, 9.17) is 5.73 Å². The molecule has 0 spiro atoms. The highest BCUT2D eigenvalue weighted by molar-refractivity contribution is 5.27. The van der Waals surface area contributed by atoms with Crippen molar-refractivity contribution in [2.24, 2.45) is 5.92 Å². The molecule has 1 aromatic rings. The van der Waals surface area contributed by atoms with Gasteiger partial charge in [-0.05, 0) is 24.8 Å². The molecule has 3 heteroatoms. The van der Waals surface area contributed by atoms with Crippen molar-refractivity contribution >= 4 is 5.82 Å². The third-order valence-corrected chi connectivity index (χ3v) is 2.59. The lowest BCUT2D eigenvalue weighted by molar-refractivity contribution is 0.188. The van der Waals surface area contributed by atoms with Crippen molar-refractivity contribution in [3.63, 3.8) is 0 Å². The molecular formula is C8H13N3. The zero-order valence-corrected chi connectivity index (χ0v) is 6.70. The van der Waals surface area contributed by atoms with E-state index in [0.717, 1.165) is 11.7 Å². The Morgan fingerprint density at radius 3 is 2.82 bits per heavy atom. The number of nitrogens with zero attached hydrogens (tertiary/aromatic N) is 2. The van der Waals surface area contributed by atoms with Crippen LogP contribution in [0.1, 0.15) is 25.8 Å². The van der Waals surface area contributed by atoms with Crippen molar-refractivity contribution in [2.75, 3.05) is 5.73 Å². The Hall–Kier alpha value is -0.990. The molecule has 11 heavy (non-hydrogen) atoms. The minimum Gasteiger partial charge on any atom is -0.384 e. The van der Waals surface area contributed by atoms with E-state index >= 15 is 0 Å². The molecular weight excluding hydrogens is 138 g/mol. The van der Waals surface area contributed by atoms with E-state index in [1.165, 1.54) is 12.8 Å². The van der Waals surface area contributed by atoms with Gasteiger partial charge in [-0.1, -0.05) is 6.92 Å². The molecule has 60 valence electrons. The summed E-state index contributed by atoms with van der Waals surface area (Å²) in [6.45, 7) is 2.25. The van der Waals surface area contributed by atoms with Gasteiger partial charge in [-0.25, -0.2) is 4.68 Å². The minimum absolute atomic E-state index is 0.560. The van der Waals surface area contributed by atoms with Gasteiger partial charge in [0, 0.05) is 0 Å². The highest BCUT2D eigenvalue weighted by Gasteiger charge is 2.29. The first-order chi connectivity index (χ1) is 5.29. The fraction of sp³-hybridized carbons (Fsp3) is 0.625. The molecule has 0 aromatic carbocycles. The lowest BCUT2D eigenvalue weighted by atomic mass is 9.81. The molecule has 0 radical (unpaired) electrons. The van der Waals surface area contributed by atoms with Gasteiger partial charge in [-0.15, -0.1) is 0 Å². The van der Waals surface area contributed by atoms with Crippen molar-refractivity contribution in [1.29, 1.82) is 0 Å². The quantitative estimate of drug-likeness (QED) is 0.660. The third-order valence-electron chi connectivity index (χ3n) is 2.59. The zero-order valence-electron chi connectivity index (χ0n) is 6.70. The van der Waals surface area contributed by atoms with Crippen LogP contribution in [0, 0.1) is 5.92 Å². The van der Waals surface area contributed by atoms with Gasteiger partial charge in [-0.3, -0.25) is 0 Å². The van der Waals surface area contributed by atoms with Crippen LogP contribution in [0.5, 0.6) is 0 Å². The van der Waals surface area contributed by atoms with Gasteiger partial charge < -0.3 is 5.73 Å². The molecule has 1 fully saturated rings. The molecule has 1 aromatic heterocycles. The maximum absolute atomic E-state index is 5.71. The summed E-state index contributed by atoms with van der Waals surface area (Å²) in [4.78, 5) is 0. The second kappa shape index (κ2) is 2.26.